The first-order valence-electron chi connectivity index (χ1n) is 10.8. The Balaban J connectivity index is 1.24. The molecule has 7 nitrogen and oxygen atoms in total. The first-order valence-corrected chi connectivity index (χ1v) is 11.9. The molecule has 0 unspecified atom stereocenters. The van der Waals surface area contributed by atoms with E-state index < -0.39 is 0 Å². The molecular weight excluding hydrogens is 410 g/mol. The predicted octanol–water partition coefficient (Wildman–Crippen LogP) is 2.03. The van der Waals surface area contributed by atoms with E-state index in [4.69, 9.17) is 0 Å². The number of rotatable bonds is 6. The summed E-state index contributed by atoms with van der Waals surface area (Å²) >= 11 is 1.88. The van der Waals surface area contributed by atoms with Crippen LogP contribution >= 0.6 is 11.8 Å². The third-order valence-corrected chi connectivity index (χ3v) is 6.58. The third-order valence-electron chi connectivity index (χ3n) is 5.64. The Bertz CT molecular complexity index is 881. The molecule has 31 heavy (non-hydrogen) atoms. The minimum atomic E-state index is -0.0443. The molecule has 2 aromatic rings. The molecule has 3 heterocycles. The first kappa shape index (κ1) is 21.8. The maximum atomic E-state index is 12.7. The van der Waals surface area contributed by atoms with Crippen LogP contribution in [-0.4, -0.2) is 88.8 Å². The van der Waals surface area contributed by atoms with Gasteiger partial charge in [0.2, 0.25) is 5.91 Å². The quantitative estimate of drug-likeness (QED) is 0.743. The molecule has 2 aliphatic heterocycles. The number of nitrogens with one attached hydrogen (secondary N) is 1. The summed E-state index contributed by atoms with van der Waals surface area (Å²) in [4.78, 5) is 36.1. The zero-order valence-corrected chi connectivity index (χ0v) is 18.5. The molecule has 4 rings (SSSR count). The van der Waals surface area contributed by atoms with Crippen LogP contribution in [0.1, 0.15) is 16.1 Å². The molecule has 2 saturated heterocycles. The topological polar surface area (TPSA) is 68.8 Å². The number of benzene rings is 1. The number of thioether (sulfide) groups is 1. The van der Waals surface area contributed by atoms with Gasteiger partial charge >= 0.3 is 0 Å². The molecule has 0 bridgehead atoms. The second-order valence-corrected chi connectivity index (χ2v) is 9.13. The number of nitrogens with zero attached hydrogens (tertiary/aromatic N) is 4. The molecule has 1 N–H and O–H groups in total. The number of carbonyl (C=O) groups excluding carboxylic acids is 2. The Hall–Kier alpha value is -2.42. The van der Waals surface area contributed by atoms with Crippen molar-refractivity contribution in [3.05, 3.63) is 59.9 Å². The summed E-state index contributed by atoms with van der Waals surface area (Å²) in [5.41, 5.74) is 2.38. The summed E-state index contributed by atoms with van der Waals surface area (Å²) < 4.78 is 0. The smallest absolute Gasteiger partial charge is 0.253 e. The normalized spacial score (nSPS) is 18.0. The van der Waals surface area contributed by atoms with Gasteiger partial charge in [-0.25, -0.2) is 0 Å². The molecule has 2 fully saturated rings. The fraction of sp³-hybridized carbons (Fsp3) is 0.435. The molecule has 8 heteroatoms. The van der Waals surface area contributed by atoms with Crippen LogP contribution in [0.15, 0.2) is 48.7 Å². The fourth-order valence-electron chi connectivity index (χ4n) is 3.91. The van der Waals surface area contributed by atoms with Crippen molar-refractivity contribution in [2.45, 2.75) is 6.54 Å². The van der Waals surface area contributed by atoms with Crippen molar-refractivity contribution >= 4 is 29.3 Å². The highest BCUT2D eigenvalue weighted by Gasteiger charge is 2.21. The van der Waals surface area contributed by atoms with Gasteiger partial charge in [0.05, 0.1) is 12.2 Å². The van der Waals surface area contributed by atoms with Crippen molar-refractivity contribution in [2.75, 3.05) is 62.6 Å². The Kier molecular flexibility index (Phi) is 7.56. The molecule has 0 spiro atoms. The van der Waals surface area contributed by atoms with Crippen LogP contribution in [0, 0.1) is 0 Å². The molecule has 2 amide bonds. The predicted molar refractivity (Wildman–Crippen MR) is 124 cm³/mol. The summed E-state index contributed by atoms with van der Waals surface area (Å²) in [7, 11) is 0. The van der Waals surface area contributed by atoms with Gasteiger partial charge in [-0.1, -0.05) is 12.1 Å². The van der Waals surface area contributed by atoms with E-state index in [2.05, 4.69) is 20.1 Å². The average Bonchev–Trinajstić information content (AvgIpc) is 2.81. The van der Waals surface area contributed by atoms with Crippen molar-refractivity contribution in [3.63, 3.8) is 0 Å². The van der Waals surface area contributed by atoms with E-state index in [1.165, 1.54) is 0 Å². The summed E-state index contributed by atoms with van der Waals surface area (Å²) in [6, 6.07) is 13.3. The molecule has 0 atom stereocenters. The fourth-order valence-corrected chi connectivity index (χ4v) is 4.81. The zero-order valence-electron chi connectivity index (χ0n) is 17.7. The number of hydrogen-bond donors (Lipinski definition) is 1. The zero-order chi connectivity index (χ0) is 21.5. The average molecular weight is 440 g/mol. The maximum Gasteiger partial charge on any atom is 0.253 e. The minimum Gasteiger partial charge on any atom is -0.337 e. The second-order valence-electron chi connectivity index (χ2n) is 7.91. The number of amides is 2. The molecule has 0 saturated carbocycles. The van der Waals surface area contributed by atoms with Crippen LogP contribution in [0.2, 0.25) is 0 Å². The number of pyridine rings is 1. The highest BCUT2D eigenvalue weighted by Crippen LogP contribution is 2.16. The maximum absolute atomic E-state index is 12.7. The van der Waals surface area contributed by atoms with E-state index in [1.807, 2.05) is 59.3 Å². The van der Waals surface area contributed by atoms with Gasteiger partial charge in [0.15, 0.2) is 0 Å². The number of hydrogen-bond acceptors (Lipinski definition) is 6. The van der Waals surface area contributed by atoms with Crippen molar-refractivity contribution in [2.24, 2.45) is 0 Å². The Morgan fingerprint density at radius 1 is 0.935 bits per heavy atom. The van der Waals surface area contributed by atoms with E-state index in [9.17, 15) is 9.59 Å². The second kappa shape index (κ2) is 10.7. The van der Waals surface area contributed by atoms with Gasteiger partial charge in [-0.3, -0.25) is 24.4 Å². The summed E-state index contributed by atoms with van der Waals surface area (Å²) in [6.07, 6.45) is 1.82. The van der Waals surface area contributed by atoms with Gasteiger partial charge in [-0.2, -0.15) is 11.8 Å². The number of carbonyl (C=O) groups is 2. The lowest BCUT2D eigenvalue weighted by Gasteiger charge is -2.34. The van der Waals surface area contributed by atoms with Crippen molar-refractivity contribution in [1.29, 1.82) is 0 Å². The molecule has 1 aromatic heterocycles. The van der Waals surface area contributed by atoms with Crippen LogP contribution in [-0.2, 0) is 11.3 Å². The van der Waals surface area contributed by atoms with Gasteiger partial charge in [-0.05, 0) is 30.3 Å². The lowest BCUT2D eigenvalue weighted by Crippen LogP contribution is -2.48. The largest absolute Gasteiger partial charge is 0.337 e. The Morgan fingerprint density at radius 3 is 2.45 bits per heavy atom. The standard InChI is InChI=1S/C23H29N5O2S/c29-22(18-27-10-8-26(9-11-27)17-21-5-1-2-7-24-21)25-20-6-3-4-19(16-20)23(30)28-12-14-31-15-13-28/h1-7,16H,8-15,17-18H2,(H,25,29). The van der Waals surface area contributed by atoms with E-state index in [-0.39, 0.29) is 11.8 Å². The number of piperazine rings is 1. The number of anilines is 1. The van der Waals surface area contributed by atoms with Gasteiger partial charge in [0, 0.05) is 74.8 Å². The van der Waals surface area contributed by atoms with Crippen LogP contribution in [0.5, 0.6) is 0 Å². The summed E-state index contributed by atoms with van der Waals surface area (Å²) in [5, 5.41) is 2.96. The van der Waals surface area contributed by atoms with Crippen LogP contribution < -0.4 is 5.32 Å². The SMILES string of the molecule is O=C(CN1CCN(Cc2ccccn2)CC1)Nc1cccc(C(=O)N2CCSCC2)c1. The van der Waals surface area contributed by atoms with Crippen LogP contribution in [0.3, 0.4) is 0 Å². The van der Waals surface area contributed by atoms with Crippen LogP contribution in [0.25, 0.3) is 0 Å². The summed E-state index contributed by atoms with van der Waals surface area (Å²) in [6.45, 7) is 6.32. The van der Waals surface area contributed by atoms with Crippen molar-refractivity contribution in [3.8, 4) is 0 Å². The Labute approximate surface area is 187 Å². The highest BCUT2D eigenvalue weighted by atomic mass is 32.2. The molecule has 164 valence electrons. The molecule has 1 aromatic carbocycles. The molecule has 2 aliphatic rings. The molecule has 0 radical (unpaired) electrons. The highest BCUT2D eigenvalue weighted by molar-refractivity contribution is 7.99. The van der Waals surface area contributed by atoms with Gasteiger partial charge in [0.1, 0.15) is 0 Å². The van der Waals surface area contributed by atoms with Crippen LogP contribution in [0.4, 0.5) is 5.69 Å². The van der Waals surface area contributed by atoms with Gasteiger partial charge in [0.25, 0.3) is 5.91 Å². The van der Waals surface area contributed by atoms with Gasteiger partial charge < -0.3 is 10.2 Å². The monoisotopic (exact) mass is 439 g/mol. The number of aromatic nitrogens is 1. The third kappa shape index (κ3) is 6.29. The molecule has 0 aliphatic carbocycles. The van der Waals surface area contributed by atoms with Gasteiger partial charge in [-0.15, -0.1) is 0 Å². The minimum absolute atomic E-state index is 0.0421. The molecular formula is C23H29N5O2S. The summed E-state index contributed by atoms with van der Waals surface area (Å²) in [5.74, 6) is 1.96. The lowest BCUT2D eigenvalue weighted by atomic mass is 10.1. The first-order chi connectivity index (χ1) is 15.2. The van der Waals surface area contributed by atoms with Crippen molar-refractivity contribution in [1.82, 2.24) is 19.7 Å². The van der Waals surface area contributed by atoms with E-state index >= 15 is 0 Å². The Morgan fingerprint density at radius 2 is 1.71 bits per heavy atom. The van der Waals surface area contributed by atoms with E-state index in [0.717, 1.165) is 63.0 Å². The van der Waals surface area contributed by atoms with E-state index in [0.29, 0.717) is 17.8 Å². The van der Waals surface area contributed by atoms with E-state index in [1.54, 1.807) is 6.07 Å². The van der Waals surface area contributed by atoms with Crippen molar-refractivity contribution < 1.29 is 9.59 Å². The lowest BCUT2D eigenvalue weighted by molar-refractivity contribution is -0.117.